The van der Waals surface area contributed by atoms with Gasteiger partial charge in [0.1, 0.15) is 16.4 Å². The number of rotatable bonds is 5. The van der Waals surface area contributed by atoms with Crippen molar-refractivity contribution in [2.45, 2.75) is 63.2 Å². The number of halogens is 1. The van der Waals surface area contributed by atoms with Gasteiger partial charge in [-0.15, -0.1) is 21.9 Å². The molecule has 2 aromatic rings. The third-order valence-electron chi connectivity index (χ3n) is 3.99. The number of aliphatic hydroxyl groups is 1. The summed E-state index contributed by atoms with van der Waals surface area (Å²) in [6.07, 6.45) is 1.34. The van der Waals surface area contributed by atoms with Crippen molar-refractivity contribution in [1.29, 1.82) is 0 Å². The Morgan fingerprint density at radius 2 is 1.73 bits per heavy atom. The molecule has 11 heteroatoms. The topological polar surface area (TPSA) is 127 Å². The maximum Gasteiger partial charge on any atom is 0.322 e. The average Bonchev–Trinajstić information content (AvgIpc) is 3.06. The minimum Gasteiger partial charge on any atom is -0.439 e. The van der Waals surface area contributed by atoms with Crippen LogP contribution in [0.1, 0.15) is 69.5 Å². The van der Waals surface area contributed by atoms with Gasteiger partial charge in [0.15, 0.2) is 0 Å². The molecule has 2 amide bonds. The van der Waals surface area contributed by atoms with Crippen molar-refractivity contribution in [3.05, 3.63) is 40.3 Å². The van der Waals surface area contributed by atoms with Crippen LogP contribution in [0, 0.1) is 5.82 Å². The van der Waals surface area contributed by atoms with Crippen LogP contribution in [0.25, 0.3) is 0 Å². The quantitative estimate of drug-likeness (QED) is 0.471. The molecule has 7 nitrogen and oxygen atoms in total. The Balaban J connectivity index is 0.00000420. The van der Waals surface area contributed by atoms with E-state index in [0.29, 0.717) is 21.8 Å². The molecule has 2 rings (SSSR count). The van der Waals surface area contributed by atoms with Gasteiger partial charge in [0.2, 0.25) is 0 Å². The predicted octanol–water partition coefficient (Wildman–Crippen LogP) is 5.77. The summed E-state index contributed by atoms with van der Waals surface area (Å²) in [6, 6.07) is 2.00. The van der Waals surface area contributed by atoms with Gasteiger partial charge < -0.3 is 25.1 Å². The van der Waals surface area contributed by atoms with Crippen molar-refractivity contribution in [2.24, 2.45) is 4.36 Å². The van der Waals surface area contributed by atoms with Crippen LogP contribution in [-0.4, -0.2) is 16.1 Å². The maximum atomic E-state index is 14.0. The molecule has 0 saturated carbocycles. The van der Waals surface area contributed by atoms with Crippen molar-refractivity contribution in [1.82, 2.24) is 11.1 Å². The van der Waals surface area contributed by atoms with Gasteiger partial charge >= 0.3 is 6.03 Å². The van der Waals surface area contributed by atoms with Gasteiger partial charge in [0.25, 0.3) is 0 Å². The molecule has 0 radical (unpaired) electrons. The number of benzene rings is 1. The Kier molecular flexibility index (Phi) is 10.6. The van der Waals surface area contributed by atoms with E-state index in [0.717, 1.165) is 11.3 Å². The number of carbonyl (C=O) groups is 1. The van der Waals surface area contributed by atoms with E-state index in [-0.39, 0.29) is 41.5 Å². The molecule has 0 spiro atoms. The average molecular weight is 478 g/mol. The number of nitrogens with zero attached hydrogens (tertiary/aromatic N) is 2. The molecule has 5 N–H and O–H groups in total. The van der Waals surface area contributed by atoms with Crippen LogP contribution < -0.4 is 11.5 Å². The fourth-order valence-electron chi connectivity index (χ4n) is 2.58. The van der Waals surface area contributed by atoms with Crippen molar-refractivity contribution in [3.63, 3.8) is 0 Å². The van der Waals surface area contributed by atoms with Gasteiger partial charge in [0.05, 0.1) is 0 Å². The van der Waals surface area contributed by atoms with E-state index >= 15 is 0 Å². The van der Waals surface area contributed by atoms with Crippen LogP contribution in [0.3, 0.4) is 0 Å². The maximum absolute atomic E-state index is 14.0. The Morgan fingerprint density at radius 1 is 1.23 bits per heavy atom. The lowest BCUT2D eigenvalue weighted by molar-refractivity contribution is 0.0783. The van der Waals surface area contributed by atoms with Gasteiger partial charge in [-0.3, -0.25) is 0 Å². The van der Waals surface area contributed by atoms with Gasteiger partial charge in [-0.1, -0.05) is 27.7 Å². The highest BCUT2D eigenvalue weighted by Gasteiger charge is 2.20. The van der Waals surface area contributed by atoms with E-state index in [9.17, 15) is 18.5 Å². The number of amides is 2. The van der Waals surface area contributed by atoms with Crippen LogP contribution in [0.2, 0.25) is 0 Å². The second kappa shape index (κ2) is 11.2. The summed E-state index contributed by atoms with van der Waals surface area (Å²) in [5.74, 6) is -0.413. The molecular formula is C19H30FN4O3S3-. The predicted molar refractivity (Wildman–Crippen MR) is 125 cm³/mol. The zero-order valence-corrected chi connectivity index (χ0v) is 20.6. The molecular weight excluding hydrogens is 447 g/mol. The highest BCUT2D eigenvalue weighted by atomic mass is 32.2. The molecule has 1 aromatic carbocycles. The number of aromatic nitrogens is 1. The van der Waals surface area contributed by atoms with Crippen LogP contribution in [0.15, 0.2) is 26.9 Å². The number of hydrogen-bond donors (Lipinski definition) is 3. The molecule has 0 aliphatic carbocycles. The highest BCUT2D eigenvalue weighted by Crippen LogP contribution is 2.34. The number of anilines is 1. The van der Waals surface area contributed by atoms with E-state index in [2.05, 4.69) is 14.7 Å². The molecule has 30 heavy (non-hydrogen) atoms. The van der Waals surface area contributed by atoms with E-state index in [1.807, 2.05) is 27.7 Å². The third kappa shape index (κ3) is 7.02. The van der Waals surface area contributed by atoms with E-state index in [1.54, 1.807) is 13.8 Å². The van der Waals surface area contributed by atoms with E-state index in [4.69, 9.17) is 0 Å². The Bertz CT molecular complexity index is 933. The molecule has 0 aliphatic heterocycles. The smallest absolute Gasteiger partial charge is 0.322 e. The first-order valence-corrected chi connectivity index (χ1v) is 10.8. The molecule has 0 bridgehead atoms. The minimum absolute atomic E-state index is 0. The fraction of sp³-hybridized carbons (Fsp3) is 0.474. The lowest BCUT2D eigenvalue weighted by Gasteiger charge is -2.20. The second-order valence-corrected chi connectivity index (χ2v) is 9.99. The standard InChI is InChI=1S/C19H25FN3O3S2.H3N.H2S/c1-10(2)13-7-12(20)8-14(11(3)4)16(13)22-18(24)23-28(26)15-9-21-17(27-15)19(5,6)25;;/h7-11,25H,1-6H3,(H,22,24);1H3;1H2/q-1;;. The number of hydrogen-bond acceptors (Lipinski definition) is 7. The van der Waals surface area contributed by atoms with Crippen LogP contribution in [-0.2, 0) is 20.4 Å². The van der Waals surface area contributed by atoms with Crippen molar-refractivity contribution >= 4 is 47.1 Å². The lowest BCUT2D eigenvalue weighted by Crippen LogP contribution is -2.14. The molecule has 0 fully saturated rings. The normalized spacial score (nSPS) is 12.5. The van der Waals surface area contributed by atoms with Gasteiger partial charge in [-0.05, 0) is 53.2 Å². The number of carbonyl (C=O) groups excluding carboxylic acids is 1. The van der Waals surface area contributed by atoms with Crippen molar-refractivity contribution in [3.8, 4) is 0 Å². The zero-order chi connectivity index (χ0) is 21.2. The highest BCUT2D eigenvalue weighted by molar-refractivity contribution is 7.78. The summed E-state index contributed by atoms with van der Waals surface area (Å²) < 4.78 is 30.3. The van der Waals surface area contributed by atoms with Gasteiger partial charge in [0, 0.05) is 11.9 Å². The zero-order valence-electron chi connectivity index (χ0n) is 17.9. The van der Waals surface area contributed by atoms with E-state index < -0.39 is 22.2 Å². The fourth-order valence-corrected chi connectivity index (χ4v) is 4.29. The largest absolute Gasteiger partial charge is 0.439 e. The minimum atomic E-state index is -1.96. The first-order valence-electron chi connectivity index (χ1n) is 8.86. The van der Waals surface area contributed by atoms with Crippen LogP contribution in [0.5, 0.6) is 0 Å². The summed E-state index contributed by atoms with van der Waals surface area (Å²) in [7, 11) is -1.96. The second-order valence-electron chi connectivity index (χ2n) is 7.58. The van der Waals surface area contributed by atoms with Crippen LogP contribution >= 0.6 is 24.8 Å². The molecule has 0 atom stereocenters. The summed E-state index contributed by atoms with van der Waals surface area (Å²) in [6.45, 7) is 10.7. The summed E-state index contributed by atoms with van der Waals surface area (Å²) >= 11 is 1.03. The monoisotopic (exact) mass is 477 g/mol. The Hall–Kier alpha value is -1.53. The number of urea groups is 1. The Morgan fingerprint density at radius 3 is 2.13 bits per heavy atom. The van der Waals surface area contributed by atoms with Gasteiger partial charge in [-0.25, -0.2) is 14.2 Å². The number of nitrogens with one attached hydrogen (secondary N) is 1. The number of thiazole rings is 1. The van der Waals surface area contributed by atoms with Crippen molar-refractivity contribution in [2.75, 3.05) is 5.32 Å². The first-order chi connectivity index (χ1) is 12.9. The van der Waals surface area contributed by atoms with Crippen LogP contribution in [0.4, 0.5) is 14.9 Å². The van der Waals surface area contributed by atoms with E-state index in [1.165, 1.54) is 18.3 Å². The molecule has 0 aliphatic rings. The molecule has 0 unspecified atom stereocenters. The molecule has 1 aromatic heterocycles. The van der Waals surface area contributed by atoms with Gasteiger partial charge in [-0.2, -0.15) is 13.5 Å². The summed E-state index contributed by atoms with van der Waals surface area (Å²) in [4.78, 5) is 16.4. The summed E-state index contributed by atoms with van der Waals surface area (Å²) in [5.41, 5.74) is 0.640. The third-order valence-corrected chi connectivity index (χ3v) is 6.55. The first kappa shape index (κ1) is 28.5. The lowest BCUT2D eigenvalue weighted by atomic mass is 9.92. The molecule has 0 saturated heterocycles. The van der Waals surface area contributed by atoms with Crippen molar-refractivity contribution < 1.29 is 18.5 Å². The molecule has 1 heterocycles. The molecule has 170 valence electrons. The SMILES string of the molecule is CC(C)c1cc(F)cc(C(C)C)c1NC(=O)N=[S-](=O)c1cnc(C(C)(C)O)s1.N.S. The Labute approximate surface area is 189 Å². The summed E-state index contributed by atoms with van der Waals surface area (Å²) in [5, 5.41) is 13.0.